The Morgan fingerprint density at radius 1 is 0.840 bits per heavy atom. The summed E-state index contributed by atoms with van der Waals surface area (Å²) in [4.78, 5) is 0. The fourth-order valence-electron chi connectivity index (χ4n) is 3.02. The van der Waals surface area contributed by atoms with Crippen molar-refractivity contribution in [2.24, 2.45) is 0 Å². The van der Waals surface area contributed by atoms with Gasteiger partial charge in [-0.1, -0.05) is 56.9 Å². The Bertz CT molecular complexity index is 639. The van der Waals surface area contributed by atoms with Crippen LogP contribution in [-0.4, -0.2) is 19.1 Å². The summed E-state index contributed by atoms with van der Waals surface area (Å²) in [5.74, 6) is 2.72. The lowest BCUT2D eigenvalue weighted by Gasteiger charge is -2.16. The molecule has 2 nitrogen and oxygen atoms in total. The third-order valence-corrected chi connectivity index (χ3v) is 4.69. The van der Waals surface area contributed by atoms with Crippen LogP contribution >= 0.6 is 11.6 Å². The van der Waals surface area contributed by atoms with Gasteiger partial charge in [-0.05, 0) is 37.8 Å². The average molecular weight is 363 g/mol. The van der Waals surface area contributed by atoms with Crippen LogP contribution in [-0.2, 0) is 0 Å². The van der Waals surface area contributed by atoms with Crippen molar-refractivity contribution in [2.45, 2.75) is 58.8 Å². The van der Waals surface area contributed by atoms with Crippen LogP contribution < -0.4 is 9.47 Å². The molecule has 0 saturated heterocycles. The summed E-state index contributed by atoms with van der Waals surface area (Å²) in [6, 6.07) is 10.5. The molecule has 138 valence electrons. The molecule has 0 aliphatic heterocycles. The minimum atomic E-state index is 0.752. The minimum Gasteiger partial charge on any atom is -0.493 e. The first-order valence-electron chi connectivity index (χ1n) is 9.61. The van der Waals surface area contributed by atoms with Crippen LogP contribution in [0.3, 0.4) is 0 Å². The van der Waals surface area contributed by atoms with Crippen molar-refractivity contribution in [2.75, 3.05) is 19.1 Å². The van der Waals surface area contributed by atoms with Crippen LogP contribution in [0.25, 0.3) is 10.8 Å². The molecule has 0 saturated carbocycles. The van der Waals surface area contributed by atoms with E-state index in [0.717, 1.165) is 66.2 Å². The number of hydrogen-bond donors (Lipinski definition) is 0. The fraction of sp³-hybridized carbons (Fsp3) is 0.545. The third-order valence-electron chi connectivity index (χ3n) is 4.42. The second kappa shape index (κ2) is 11.3. The molecule has 2 aromatic carbocycles. The molecule has 3 heteroatoms. The Balaban J connectivity index is 2.06. The zero-order chi connectivity index (χ0) is 17.9. The molecule has 0 amide bonds. The van der Waals surface area contributed by atoms with Gasteiger partial charge in [-0.2, -0.15) is 0 Å². The van der Waals surface area contributed by atoms with Crippen molar-refractivity contribution in [3.8, 4) is 11.5 Å². The molecule has 0 aromatic heterocycles. The van der Waals surface area contributed by atoms with Crippen molar-refractivity contribution in [3.05, 3.63) is 35.9 Å². The van der Waals surface area contributed by atoms with Gasteiger partial charge in [0.25, 0.3) is 0 Å². The van der Waals surface area contributed by atoms with E-state index < -0.39 is 0 Å². The van der Waals surface area contributed by atoms with E-state index in [-0.39, 0.29) is 0 Å². The fourth-order valence-corrected chi connectivity index (χ4v) is 3.21. The number of ether oxygens (including phenoxy) is 2. The van der Waals surface area contributed by atoms with Gasteiger partial charge in [-0.15, -0.1) is 11.6 Å². The highest BCUT2D eigenvalue weighted by atomic mass is 35.5. The normalized spacial score (nSPS) is 11.0. The smallest absolute Gasteiger partial charge is 0.130 e. The Morgan fingerprint density at radius 2 is 1.52 bits per heavy atom. The molecule has 25 heavy (non-hydrogen) atoms. The number of alkyl halides is 1. The van der Waals surface area contributed by atoms with E-state index in [1.807, 2.05) is 0 Å². The zero-order valence-electron chi connectivity index (χ0n) is 15.7. The lowest BCUT2D eigenvalue weighted by atomic mass is 10.0. The van der Waals surface area contributed by atoms with Crippen molar-refractivity contribution in [1.82, 2.24) is 0 Å². The highest BCUT2D eigenvalue weighted by molar-refractivity contribution is 6.17. The monoisotopic (exact) mass is 362 g/mol. The lowest BCUT2D eigenvalue weighted by Crippen LogP contribution is -2.02. The van der Waals surface area contributed by atoms with E-state index in [4.69, 9.17) is 21.1 Å². The summed E-state index contributed by atoms with van der Waals surface area (Å²) in [6.07, 6.45) is 8.03. The number of aryl methyl sites for hydroxylation is 1. The van der Waals surface area contributed by atoms with Crippen LogP contribution in [0.2, 0.25) is 0 Å². The van der Waals surface area contributed by atoms with E-state index in [2.05, 4.69) is 44.2 Å². The van der Waals surface area contributed by atoms with Gasteiger partial charge in [-0.3, -0.25) is 0 Å². The molecule has 0 bridgehead atoms. The van der Waals surface area contributed by atoms with Crippen LogP contribution in [0.4, 0.5) is 0 Å². The van der Waals surface area contributed by atoms with Gasteiger partial charge < -0.3 is 9.47 Å². The van der Waals surface area contributed by atoms with E-state index in [1.54, 1.807) is 0 Å². The molecule has 0 heterocycles. The highest BCUT2D eigenvalue weighted by Gasteiger charge is 2.11. The van der Waals surface area contributed by atoms with Crippen molar-refractivity contribution < 1.29 is 9.47 Å². The Kier molecular flexibility index (Phi) is 8.96. The largest absolute Gasteiger partial charge is 0.493 e. The second-order valence-electron chi connectivity index (χ2n) is 6.57. The van der Waals surface area contributed by atoms with Crippen LogP contribution in [0, 0.1) is 6.92 Å². The number of unbranched alkanes of at least 4 members (excludes halogenated alkanes) is 5. The second-order valence-corrected chi connectivity index (χ2v) is 6.95. The number of hydrogen-bond acceptors (Lipinski definition) is 2. The van der Waals surface area contributed by atoms with E-state index >= 15 is 0 Å². The topological polar surface area (TPSA) is 18.5 Å². The molecule has 0 atom stereocenters. The molecule has 0 fully saturated rings. The number of benzene rings is 2. The minimum absolute atomic E-state index is 0.752. The number of rotatable bonds is 12. The molecule has 0 N–H and O–H groups in total. The first kappa shape index (κ1) is 19.9. The molecular formula is C22H31ClO2. The zero-order valence-corrected chi connectivity index (χ0v) is 16.4. The van der Waals surface area contributed by atoms with Crippen molar-refractivity contribution >= 4 is 22.4 Å². The molecule has 0 radical (unpaired) electrons. The average Bonchev–Trinajstić information content (AvgIpc) is 2.63. The van der Waals surface area contributed by atoms with Crippen LogP contribution in [0.1, 0.15) is 57.4 Å². The van der Waals surface area contributed by atoms with Gasteiger partial charge in [0, 0.05) is 16.7 Å². The maximum absolute atomic E-state index is 6.11. The predicted octanol–water partition coefficient (Wildman–Crippen LogP) is 6.90. The van der Waals surface area contributed by atoms with Gasteiger partial charge in [0.15, 0.2) is 0 Å². The Morgan fingerprint density at radius 3 is 2.28 bits per heavy atom. The summed E-state index contributed by atoms with van der Waals surface area (Å²) in [5, 5.41) is 2.29. The first-order chi connectivity index (χ1) is 12.3. The van der Waals surface area contributed by atoms with E-state index in [9.17, 15) is 0 Å². The molecule has 0 unspecified atom stereocenters. The van der Waals surface area contributed by atoms with Gasteiger partial charge in [0.05, 0.1) is 13.2 Å². The van der Waals surface area contributed by atoms with Crippen LogP contribution in [0.5, 0.6) is 11.5 Å². The van der Waals surface area contributed by atoms with Gasteiger partial charge in [0.2, 0.25) is 0 Å². The summed E-state index contributed by atoms with van der Waals surface area (Å²) < 4.78 is 12.2. The third kappa shape index (κ3) is 6.11. The van der Waals surface area contributed by atoms with Gasteiger partial charge >= 0.3 is 0 Å². The molecule has 2 aromatic rings. The quantitative estimate of drug-likeness (QED) is 0.302. The summed E-state index contributed by atoms with van der Waals surface area (Å²) in [5.41, 5.74) is 1.15. The SMILES string of the molecule is CCCCCOc1c(C)cc(OCCCCCCCl)c2ccccc12. The van der Waals surface area contributed by atoms with E-state index in [0.29, 0.717) is 0 Å². The summed E-state index contributed by atoms with van der Waals surface area (Å²) >= 11 is 5.72. The summed E-state index contributed by atoms with van der Waals surface area (Å²) in [7, 11) is 0. The predicted molar refractivity (Wildman–Crippen MR) is 108 cm³/mol. The van der Waals surface area contributed by atoms with Crippen molar-refractivity contribution in [1.29, 1.82) is 0 Å². The molecule has 0 spiro atoms. The van der Waals surface area contributed by atoms with E-state index in [1.165, 1.54) is 25.7 Å². The standard InChI is InChI=1S/C22H31ClO2/c1-3-4-10-16-25-22-18(2)17-21(19-12-7-8-13-20(19)22)24-15-11-6-5-9-14-23/h7-8,12-13,17H,3-6,9-11,14-16H2,1-2H3. The first-order valence-corrected chi connectivity index (χ1v) is 10.1. The Hall–Kier alpha value is -1.41. The molecule has 0 aliphatic rings. The molecule has 2 rings (SSSR count). The van der Waals surface area contributed by atoms with Gasteiger partial charge in [0.1, 0.15) is 11.5 Å². The molecule has 0 aliphatic carbocycles. The van der Waals surface area contributed by atoms with Crippen molar-refractivity contribution in [3.63, 3.8) is 0 Å². The highest BCUT2D eigenvalue weighted by Crippen LogP contribution is 2.36. The van der Waals surface area contributed by atoms with Gasteiger partial charge in [-0.25, -0.2) is 0 Å². The number of halogens is 1. The Labute approximate surface area is 157 Å². The van der Waals surface area contributed by atoms with Crippen LogP contribution in [0.15, 0.2) is 30.3 Å². The lowest BCUT2D eigenvalue weighted by molar-refractivity contribution is 0.301. The number of fused-ring (bicyclic) bond motifs is 1. The maximum Gasteiger partial charge on any atom is 0.130 e. The maximum atomic E-state index is 6.11. The summed E-state index contributed by atoms with van der Waals surface area (Å²) in [6.45, 7) is 5.85. The molecular weight excluding hydrogens is 332 g/mol.